The number of hydrogen-bond acceptors (Lipinski definition) is 3. The Labute approximate surface area is 93.0 Å². The number of nitrogens with one attached hydrogen (secondary N) is 1. The highest BCUT2D eigenvalue weighted by Crippen LogP contribution is 2.01. The Morgan fingerprint density at radius 2 is 2.13 bits per heavy atom. The summed E-state index contributed by atoms with van der Waals surface area (Å²) in [4.78, 5) is 13.7. The van der Waals surface area contributed by atoms with Crippen LogP contribution in [0.1, 0.15) is 20.8 Å². The van der Waals surface area contributed by atoms with E-state index < -0.39 is 0 Å². The monoisotopic (exact) mass is 216 g/mol. The van der Waals surface area contributed by atoms with Gasteiger partial charge in [-0.25, -0.2) is 0 Å². The van der Waals surface area contributed by atoms with Crippen molar-refractivity contribution in [3.63, 3.8) is 0 Å². The van der Waals surface area contributed by atoms with Gasteiger partial charge in [-0.15, -0.1) is 0 Å². The number of hydrogen-bond donors (Lipinski definition) is 1. The van der Waals surface area contributed by atoms with Crippen LogP contribution in [-0.4, -0.2) is 50.7 Å². The van der Waals surface area contributed by atoms with Crippen molar-refractivity contribution >= 4 is 5.91 Å². The van der Waals surface area contributed by atoms with Crippen LogP contribution in [0.5, 0.6) is 0 Å². The van der Waals surface area contributed by atoms with E-state index in [-0.39, 0.29) is 11.8 Å². The van der Waals surface area contributed by atoms with Gasteiger partial charge in [-0.3, -0.25) is 4.79 Å². The molecule has 4 heteroatoms. The quantitative estimate of drug-likeness (QED) is 0.608. The SMILES string of the molecule is CCOCCN(CC)C(=O)C(C)CNC. The van der Waals surface area contributed by atoms with Gasteiger partial charge in [0.1, 0.15) is 0 Å². The second-order valence-electron chi connectivity index (χ2n) is 3.57. The van der Waals surface area contributed by atoms with Crippen LogP contribution in [0.4, 0.5) is 0 Å². The molecule has 4 nitrogen and oxygen atoms in total. The molecule has 15 heavy (non-hydrogen) atoms. The predicted molar refractivity (Wildman–Crippen MR) is 61.8 cm³/mol. The maximum Gasteiger partial charge on any atom is 0.226 e. The highest BCUT2D eigenvalue weighted by atomic mass is 16.5. The smallest absolute Gasteiger partial charge is 0.226 e. The van der Waals surface area contributed by atoms with Crippen LogP contribution in [0.3, 0.4) is 0 Å². The third kappa shape index (κ3) is 5.74. The fourth-order valence-electron chi connectivity index (χ4n) is 1.45. The van der Waals surface area contributed by atoms with Crippen LogP contribution in [0.25, 0.3) is 0 Å². The first-order valence-corrected chi connectivity index (χ1v) is 5.68. The molecule has 0 fully saturated rings. The van der Waals surface area contributed by atoms with Gasteiger partial charge < -0.3 is 15.0 Å². The zero-order valence-electron chi connectivity index (χ0n) is 10.4. The summed E-state index contributed by atoms with van der Waals surface area (Å²) in [6, 6.07) is 0. The lowest BCUT2D eigenvalue weighted by Gasteiger charge is -2.24. The molecule has 0 saturated carbocycles. The summed E-state index contributed by atoms with van der Waals surface area (Å²) in [5.74, 6) is 0.239. The molecular formula is C11H24N2O2. The van der Waals surface area contributed by atoms with Crippen LogP contribution in [0, 0.1) is 5.92 Å². The molecule has 0 saturated heterocycles. The van der Waals surface area contributed by atoms with Gasteiger partial charge in [0.25, 0.3) is 0 Å². The van der Waals surface area contributed by atoms with Gasteiger partial charge in [0.15, 0.2) is 0 Å². The van der Waals surface area contributed by atoms with Crippen LogP contribution in [0.2, 0.25) is 0 Å². The lowest BCUT2D eigenvalue weighted by molar-refractivity contribution is -0.135. The zero-order chi connectivity index (χ0) is 11.7. The first kappa shape index (κ1) is 14.4. The Morgan fingerprint density at radius 3 is 2.60 bits per heavy atom. The lowest BCUT2D eigenvalue weighted by Crippen LogP contribution is -2.40. The van der Waals surface area contributed by atoms with E-state index in [1.54, 1.807) is 0 Å². The first-order chi connectivity index (χ1) is 7.17. The second kappa shape index (κ2) is 8.68. The molecule has 0 aliphatic rings. The minimum atomic E-state index is 0.0385. The summed E-state index contributed by atoms with van der Waals surface area (Å²) in [5, 5.41) is 3.02. The standard InChI is InChI=1S/C11H24N2O2/c1-5-13(7-8-15-6-2)11(14)10(3)9-12-4/h10,12H,5-9H2,1-4H3. The second-order valence-corrected chi connectivity index (χ2v) is 3.57. The maximum absolute atomic E-state index is 11.9. The van der Waals surface area contributed by atoms with E-state index in [1.165, 1.54) is 0 Å². The van der Waals surface area contributed by atoms with E-state index in [0.29, 0.717) is 19.8 Å². The van der Waals surface area contributed by atoms with Crippen LogP contribution in [0.15, 0.2) is 0 Å². The van der Waals surface area contributed by atoms with Gasteiger partial charge in [0, 0.05) is 32.2 Å². The minimum absolute atomic E-state index is 0.0385. The van der Waals surface area contributed by atoms with E-state index >= 15 is 0 Å². The van der Waals surface area contributed by atoms with Gasteiger partial charge in [-0.2, -0.15) is 0 Å². The number of carbonyl (C=O) groups is 1. The van der Waals surface area contributed by atoms with Crippen molar-refractivity contribution in [2.75, 3.05) is 39.9 Å². The molecule has 0 heterocycles. The fourth-order valence-corrected chi connectivity index (χ4v) is 1.45. The number of nitrogens with zero attached hydrogens (tertiary/aromatic N) is 1. The van der Waals surface area contributed by atoms with Crippen LogP contribution < -0.4 is 5.32 Å². The Kier molecular flexibility index (Phi) is 8.33. The minimum Gasteiger partial charge on any atom is -0.380 e. The van der Waals surface area contributed by atoms with E-state index in [9.17, 15) is 4.79 Å². The van der Waals surface area contributed by atoms with Gasteiger partial charge in [0.2, 0.25) is 5.91 Å². The molecule has 1 amide bonds. The molecule has 1 unspecified atom stereocenters. The summed E-state index contributed by atoms with van der Waals surface area (Å²) in [5.41, 5.74) is 0. The Hall–Kier alpha value is -0.610. The summed E-state index contributed by atoms with van der Waals surface area (Å²) >= 11 is 0. The third-order valence-corrected chi connectivity index (χ3v) is 2.33. The van der Waals surface area contributed by atoms with Gasteiger partial charge >= 0.3 is 0 Å². The van der Waals surface area contributed by atoms with Crippen molar-refractivity contribution in [2.24, 2.45) is 5.92 Å². The Bertz CT molecular complexity index is 174. The van der Waals surface area contributed by atoms with Crippen molar-refractivity contribution in [3.05, 3.63) is 0 Å². The summed E-state index contributed by atoms with van der Waals surface area (Å²) in [6.45, 7) is 9.40. The molecule has 0 aliphatic carbocycles. The molecule has 0 aromatic carbocycles. The Morgan fingerprint density at radius 1 is 1.47 bits per heavy atom. The van der Waals surface area contributed by atoms with E-state index in [4.69, 9.17) is 4.74 Å². The molecule has 0 aliphatic heterocycles. The molecule has 0 aromatic rings. The largest absolute Gasteiger partial charge is 0.380 e. The van der Waals surface area contributed by atoms with Crippen LogP contribution in [-0.2, 0) is 9.53 Å². The molecule has 0 rings (SSSR count). The van der Waals surface area contributed by atoms with Gasteiger partial charge in [-0.05, 0) is 20.9 Å². The summed E-state index contributed by atoms with van der Waals surface area (Å²) in [6.07, 6.45) is 0. The average Bonchev–Trinajstić information content (AvgIpc) is 2.24. The van der Waals surface area contributed by atoms with E-state index in [1.807, 2.05) is 32.7 Å². The molecule has 90 valence electrons. The van der Waals surface area contributed by atoms with Crippen molar-refractivity contribution in [3.8, 4) is 0 Å². The maximum atomic E-state index is 11.9. The molecule has 0 spiro atoms. The Balaban J connectivity index is 3.97. The number of carbonyl (C=O) groups excluding carboxylic acids is 1. The highest BCUT2D eigenvalue weighted by molar-refractivity contribution is 5.78. The topological polar surface area (TPSA) is 41.6 Å². The van der Waals surface area contributed by atoms with Crippen molar-refractivity contribution in [1.29, 1.82) is 0 Å². The fraction of sp³-hybridized carbons (Fsp3) is 0.909. The molecule has 1 atom stereocenters. The molecule has 0 bridgehead atoms. The van der Waals surface area contributed by atoms with Crippen molar-refractivity contribution in [2.45, 2.75) is 20.8 Å². The third-order valence-electron chi connectivity index (χ3n) is 2.33. The lowest BCUT2D eigenvalue weighted by atomic mass is 10.1. The van der Waals surface area contributed by atoms with E-state index in [0.717, 1.165) is 13.1 Å². The number of likely N-dealkylation sites (N-methyl/N-ethyl adjacent to an activating group) is 1. The zero-order valence-corrected chi connectivity index (χ0v) is 10.4. The number of rotatable bonds is 8. The molecule has 0 radical (unpaired) electrons. The van der Waals surface area contributed by atoms with Crippen molar-refractivity contribution in [1.82, 2.24) is 10.2 Å². The normalized spacial score (nSPS) is 12.5. The van der Waals surface area contributed by atoms with Crippen LogP contribution >= 0.6 is 0 Å². The summed E-state index contributed by atoms with van der Waals surface area (Å²) in [7, 11) is 1.86. The van der Waals surface area contributed by atoms with Crippen molar-refractivity contribution < 1.29 is 9.53 Å². The average molecular weight is 216 g/mol. The highest BCUT2D eigenvalue weighted by Gasteiger charge is 2.17. The molecule has 1 N–H and O–H groups in total. The molecule has 0 aromatic heterocycles. The van der Waals surface area contributed by atoms with E-state index in [2.05, 4.69) is 5.32 Å². The number of amides is 1. The predicted octanol–water partition coefficient (Wildman–Crippen LogP) is 0.727. The molecular weight excluding hydrogens is 192 g/mol. The first-order valence-electron chi connectivity index (χ1n) is 5.68. The van der Waals surface area contributed by atoms with Gasteiger partial charge in [0.05, 0.1) is 6.61 Å². The summed E-state index contributed by atoms with van der Waals surface area (Å²) < 4.78 is 5.25. The van der Waals surface area contributed by atoms with Gasteiger partial charge in [-0.1, -0.05) is 6.92 Å². The number of ether oxygens (including phenoxy) is 1.